The summed E-state index contributed by atoms with van der Waals surface area (Å²) < 4.78 is 40.1. The Labute approximate surface area is 217 Å². The van der Waals surface area contributed by atoms with E-state index in [1.54, 1.807) is 29.0 Å². The highest BCUT2D eigenvalue weighted by molar-refractivity contribution is 6.06. The number of hydrogen-bond acceptors (Lipinski definition) is 4. The second-order valence-electron chi connectivity index (χ2n) is 9.55. The number of nitrogens with one attached hydrogen (secondary N) is 1. The van der Waals surface area contributed by atoms with Crippen LogP contribution in [0.3, 0.4) is 0 Å². The highest BCUT2D eigenvalue weighted by Gasteiger charge is 2.42. The van der Waals surface area contributed by atoms with Gasteiger partial charge in [0.25, 0.3) is 5.91 Å². The van der Waals surface area contributed by atoms with Gasteiger partial charge in [0.05, 0.1) is 5.56 Å². The summed E-state index contributed by atoms with van der Waals surface area (Å²) in [6.45, 7) is 0.489. The first-order valence-corrected chi connectivity index (χ1v) is 12.5. The van der Waals surface area contributed by atoms with E-state index >= 15 is 0 Å². The zero-order valence-corrected chi connectivity index (χ0v) is 20.6. The van der Waals surface area contributed by atoms with E-state index < -0.39 is 34.9 Å². The first-order valence-electron chi connectivity index (χ1n) is 12.5. The van der Waals surface area contributed by atoms with Crippen LogP contribution >= 0.6 is 0 Å². The molecule has 1 heterocycles. The Bertz CT molecular complexity index is 1310. The third kappa shape index (κ3) is 6.12. The van der Waals surface area contributed by atoms with Crippen LogP contribution in [0.4, 0.5) is 13.2 Å². The minimum absolute atomic E-state index is 0.128. The lowest BCUT2D eigenvalue weighted by molar-refractivity contribution is -0.144. The van der Waals surface area contributed by atoms with E-state index in [-0.39, 0.29) is 11.4 Å². The smallest absolute Gasteiger partial charge is 0.416 e. The number of unbranched alkanes of at least 4 members (excludes halogenated alkanes) is 1. The standard InChI is InChI=1S/C28H28F3N3O4/c29-28(30,31)22-11-9-20(10-12-22)23(35)24-32-15-17-34(24)16-4-1-6-19-7-5-8-21(18-19)25(36)33-27(26(37)38)13-2-3-14-27/h5,7-12,15,17-18H,1-4,6,13-14,16H2,(H,33,36)(H,37,38). The van der Waals surface area contributed by atoms with E-state index in [0.717, 1.165) is 49.1 Å². The van der Waals surface area contributed by atoms with Gasteiger partial charge in [0.15, 0.2) is 5.82 Å². The number of carbonyl (C=O) groups is 3. The molecule has 1 amide bonds. The van der Waals surface area contributed by atoms with Gasteiger partial charge < -0.3 is 15.0 Å². The molecular weight excluding hydrogens is 499 g/mol. The molecule has 4 rings (SSSR count). The van der Waals surface area contributed by atoms with Gasteiger partial charge in [0.1, 0.15) is 5.54 Å². The molecule has 0 spiro atoms. The number of nitrogens with zero attached hydrogens (tertiary/aromatic N) is 2. The number of carbonyl (C=O) groups excluding carboxylic acids is 2. The molecule has 1 fully saturated rings. The van der Waals surface area contributed by atoms with Crippen LogP contribution in [0.25, 0.3) is 0 Å². The van der Waals surface area contributed by atoms with Gasteiger partial charge in [0, 0.05) is 30.1 Å². The Morgan fingerprint density at radius 2 is 1.71 bits per heavy atom. The predicted molar refractivity (Wildman–Crippen MR) is 133 cm³/mol. The van der Waals surface area contributed by atoms with E-state index in [2.05, 4.69) is 10.3 Å². The fourth-order valence-electron chi connectivity index (χ4n) is 4.78. The van der Waals surface area contributed by atoms with Crippen LogP contribution in [-0.2, 0) is 23.9 Å². The number of carboxylic acids is 1. The second kappa shape index (κ2) is 11.2. The molecule has 0 atom stereocenters. The number of alkyl halides is 3. The number of benzene rings is 2. The minimum Gasteiger partial charge on any atom is -0.480 e. The van der Waals surface area contributed by atoms with E-state index in [1.807, 2.05) is 6.07 Å². The first-order chi connectivity index (χ1) is 18.1. The van der Waals surface area contributed by atoms with Crippen LogP contribution in [0.15, 0.2) is 60.9 Å². The van der Waals surface area contributed by atoms with Crippen molar-refractivity contribution in [2.75, 3.05) is 0 Å². The highest BCUT2D eigenvalue weighted by Crippen LogP contribution is 2.31. The van der Waals surface area contributed by atoms with Gasteiger partial charge in [-0.25, -0.2) is 9.78 Å². The predicted octanol–water partition coefficient (Wildman–Crippen LogP) is 5.28. The van der Waals surface area contributed by atoms with Gasteiger partial charge >= 0.3 is 12.1 Å². The third-order valence-electron chi connectivity index (χ3n) is 6.92. The molecule has 0 bridgehead atoms. The second-order valence-corrected chi connectivity index (χ2v) is 9.55. The highest BCUT2D eigenvalue weighted by atomic mass is 19.4. The van der Waals surface area contributed by atoms with Crippen LogP contribution in [0.1, 0.15) is 76.2 Å². The summed E-state index contributed by atoms with van der Waals surface area (Å²) in [7, 11) is 0. The molecule has 0 unspecified atom stereocenters. The number of ketones is 1. The maximum atomic E-state index is 12.8. The van der Waals surface area contributed by atoms with Crippen molar-refractivity contribution in [3.05, 3.63) is 89.0 Å². The molecule has 1 aromatic heterocycles. The minimum atomic E-state index is -4.47. The van der Waals surface area contributed by atoms with Crippen molar-refractivity contribution in [2.45, 2.75) is 63.2 Å². The maximum Gasteiger partial charge on any atom is 0.416 e. The molecule has 2 aromatic carbocycles. The molecule has 7 nitrogen and oxygen atoms in total. The molecular formula is C28H28F3N3O4. The number of amides is 1. The summed E-state index contributed by atoms with van der Waals surface area (Å²) in [5, 5.41) is 12.3. The van der Waals surface area contributed by atoms with Crippen molar-refractivity contribution >= 4 is 17.7 Å². The molecule has 1 aliphatic rings. The van der Waals surface area contributed by atoms with Crippen molar-refractivity contribution in [3.8, 4) is 0 Å². The zero-order valence-electron chi connectivity index (χ0n) is 20.6. The van der Waals surface area contributed by atoms with Crippen molar-refractivity contribution in [3.63, 3.8) is 0 Å². The van der Waals surface area contributed by atoms with Crippen LogP contribution in [-0.4, -0.2) is 37.9 Å². The number of aliphatic carboxylic acids is 1. The number of aromatic nitrogens is 2. The van der Waals surface area contributed by atoms with Gasteiger partial charge in [-0.15, -0.1) is 0 Å². The van der Waals surface area contributed by atoms with Crippen molar-refractivity contribution in [2.24, 2.45) is 0 Å². The molecule has 10 heteroatoms. The Kier molecular flexibility index (Phi) is 7.99. The lowest BCUT2D eigenvalue weighted by atomic mass is 9.96. The monoisotopic (exact) mass is 527 g/mol. The van der Waals surface area contributed by atoms with Gasteiger partial charge in [-0.05, 0) is 61.9 Å². The SMILES string of the molecule is O=C(NC1(C(=O)O)CCCC1)c1cccc(CCCCn2ccnc2C(=O)c2ccc(C(F)(F)F)cc2)c1. The Balaban J connectivity index is 1.32. The molecule has 3 aromatic rings. The molecule has 0 aliphatic heterocycles. The molecule has 0 saturated heterocycles. The molecule has 2 N–H and O–H groups in total. The Morgan fingerprint density at radius 1 is 1.00 bits per heavy atom. The quantitative estimate of drug-likeness (QED) is 0.276. The first kappa shape index (κ1) is 27.1. The lowest BCUT2D eigenvalue weighted by Crippen LogP contribution is -2.52. The van der Waals surface area contributed by atoms with Gasteiger partial charge in [-0.2, -0.15) is 13.2 Å². The summed E-state index contributed by atoms with van der Waals surface area (Å²) in [6, 6.07) is 11.1. The van der Waals surface area contributed by atoms with Crippen LogP contribution in [0.5, 0.6) is 0 Å². The normalized spacial score (nSPS) is 14.8. The fourth-order valence-corrected chi connectivity index (χ4v) is 4.78. The lowest BCUT2D eigenvalue weighted by Gasteiger charge is -2.25. The van der Waals surface area contributed by atoms with Gasteiger partial charge in [0.2, 0.25) is 5.78 Å². The van der Waals surface area contributed by atoms with Crippen molar-refractivity contribution in [1.82, 2.24) is 14.9 Å². The number of rotatable bonds is 10. The number of hydrogen-bond donors (Lipinski definition) is 2. The van der Waals surface area contributed by atoms with E-state index in [1.165, 1.54) is 6.20 Å². The van der Waals surface area contributed by atoms with E-state index in [0.29, 0.717) is 37.8 Å². The van der Waals surface area contributed by atoms with Gasteiger partial charge in [-0.1, -0.05) is 37.1 Å². The third-order valence-corrected chi connectivity index (χ3v) is 6.92. The average Bonchev–Trinajstić information content (AvgIpc) is 3.56. The van der Waals surface area contributed by atoms with Crippen molar-refractivity contribution < 1.29 is 32.7 Å². The molecule has 1 saturated carbocycles. The number of imidazole rings is 1. The van der Waals surface area contributed by atoms with Crippen LogP contribution in [0, 0.1) is 0 Å². The fraction of sp³-hybridized carbons (Fsp3) is 0.357. The summed E-state index contributed by atoms with van der Waals surface area (Å²) >= 11 is 0. The van der Waals surface area contributed by atoms with E-state index in [9.17, 15) is 32.7 Å². The average molecular weight is 528 g/mol. The molecule has 0 radical (unpaired) electrons. The largest absolute Gasteiger partial charge is 0.480 e. The maximum absolute atomic E-state index is 12.8. The number of carboxylic acid groups (broad SMARTS) is 1. The number of halogens is 3. The summed E-state index contributed by atoms with van der Waals surface area (Å²) in [5.41, 5.74) is -0.552. The van der Waals surface area contributed by atoms with Crippen molar-refractivity contribution in [1.29, 1.82) is 0 Å². The van der Waals surface area contributed by atoms with E-state index in [4.69, 9.17) is 0 Å². The summed E-state index contributed by atoms with van der Waals surface area (Å²) in [4.78, 5) is 41.4. The summed E-state index contributed by atoms with van der Waals surface area (Å²) in [5.74, 6) is -1.71. The van der Waals surface area contributed by atoms with Crippen LogP contribution < -0.4 is 5.32 Å². The Morgan fingerprint density at radius 3 is 2.37 bits per heavy atom. The Hall–Kier alpha value is -3.95. The van der Waals surface area contributed by atoms with Crippen LogP contribution in [0.2, 0.25) is 0 Å². The number of aryl methyl sites for hydroxylation is 2. The molecule has 200 valence electrons. The zero-order chi connectivity index (χ0) is 27.3. The molecule has 1 aliphatic carbocycles. The summed E-state index contributed by atoms with van der Waals surface area (Å²) in [6.07, 6.45) is 3.15. The molecule has 38 heavy (non-hydrogen) atoms. The topological polar surface area (TPSA) is 101 Å². The van der Waals surface area contributed by atoms with Gasteiger partial charge in [-0.3, -0.25) is 9.59 Å².